The van der Waals surface area contributed by atoms with E-state index in [-0.39, 0.29) is 6.61 Å². The smallest absolute Gasteiger partial charge is 0.397 e. The molecule has 0 unspecified atom stereocenters. The zero-order chi connectivity index (χ0) is 14.5. The normalized spacial score (nSPS) is 9.80. The maximum atomic E-state index is 11.6. The molecule has 2 rings (SSSR count). The summed E-state index contributed by atoms with van der Waals surface area (Å²) in [4.78, 5) is 23.0. The number of benzene rings is 2. The number of hydrogen-bond acceptors (Lipinski definition) is 4. The van der Waals surface area contributed by atoms with Crippen molar-refractivity contribution >= 4 is 28.3 Å². The van der Waals surface area contributed by atoms with Gasteiger partial charge in [0.25, 0.3) is 0 Å². The molecule has 0 fully saturated rings. The Kier molecular flexibility index (Phi) is 3.96. The first kappa shape index (κ1) is 13.6. The predicted molar refractivity (Wildman–Crippen MR) is 73.9 cm³/mol. The second kappa shape index (κ2) is 5.85. The lowest BCUT2D eigenvalue weighted by atomic mass is 10.0. The van der Waals surface area contributed by atoms with Gasteiger partial charge in [-0.3, -0.25) is 4.79 Å². The van der Waals surface area contributed by atoms with E-state index in [1.807, 2.05) is 0 Å². The molecule has 0 aliphatic carbocycles. The molecule has 0 heterocycles. The van der Waals surface area contributed by atoms with Crippen LogP contribution in [0.5, 0.6) is 0 Å². The first-order valence-electron chi connectivity index (χ1n) is 6.07. The van der Waals surface area contributed by atoms with Crippen molar-refractivity contribution in [2.45, 2.75) is 6.92 Å². The van der Waals surface area contributed by atoms with Gasteiger partial charge >= 0.3 is 11.9 Å². The van der Waals surface area contributed by atoms with E-state index in [9.17, 15) is 9.59 Å². The topological polar surface area (TPSA) is 79.2 Å². The molecule has 0 bridgehead atoms. The van der Waals surface area contributed by atoms with E-state index >= 15 is 0 Å². The Balaban J connectivity index is 2.39. The molecule has 5 nitrogen and oxygen atoms in total. The highest BCUT2D eigenvalue weighted by atomic mass is 16.5. The first-order valence-corrected chi connectivity index (χ1v) is 6.07. The summed E-state index contributed by atoms with van der Waals surface area (Å²) in [6.45, 7) is 1.77. The Hall–Kier alpha value is -2.87. The molecule has 5 heteroatoms. The number of amides is 1. The van der Waals surface area contributed by atoms with Gasteiger partial charge in [0.2, 0.25) is 0 Å². The number of fused-ring (bicyclic) bond motifs is 1. The van der Waals surface area contributed by atoms with Crippen LogP contribution in [0.3, 0.4) is 0 Å². The molecule has 0 saturated heterocycles. The van der Waals surface area contributed by atoms with Crippen LogP contribution in [-0.2, 0) is 14.3 Å². The van der Waals surface area contributed by atoms with Gasteiger partial charge in [-0.05, 0) is 19.1 Å². The van der Waals surface area contributed by atoms with Crippen LogP contribution in [-0.4, -0.2) is 18.5 Å². The number of hydrogen-bond donors (Lipinski definition) is 1. The Morgan fingerprint density at radius 2 is 1.90 bits per heavy atom. The van der Waals surface area contributed by atoms with Gasteiger partial charge in [0, 0.05) is 16.5 Å². The van der Waals surface area contributed by atoms with Gasteiger partial charge in [0.1, 0.15) is 0 Å². The van der Waals surface area contributed by atoms with E-state index in [4.69, 9.17) is 5.26 Å². The fraction of sp³-hybridized carbons (Fsp3) is 0.133. The quantitative estimate of drug-likeness (QED) is 0.669. The minimum absolute atomic E-state index is 0.139. The summed E-state index contributed by atoms with van der Waals surface area (Å²) >= 11 is 0. The molecule has 2 aromatic carbocycles. The number of rotatable bonds is 2. The van der Waals surface area contributed by atoms with Crippen LogP contribution in [0.1, 0.15) is 12.5 Å². The minimum atomic E-state index is -0.930. The van der Waals surface area contributed by atoms with Crippen LogP contribution < -0.4 is 5.32 Å². The summed E-state index contributed by atoms with van der Waals surface area (Å²) < 4.78 is 4.63. The molecule has 100 valence electrons. The third-order valence-electron chi connectivity index (χ3n) is 2.75. The number of anilines is 1. The summed E-state index contributed by atoms with van der Waals surface area (Å²) in [5, 5.41) is 13.0. The number of nitrogens with zero attached hydrogens (tertiary/aromatic N) is 1. The Morgan fingerprint density at radius 1 is 1.20 bits per heavy atom. The largest absolute Gasteiger partial charge is 0.459 e. The van der Waals surface area contributed by atoms with Crippen LogP contribution >= 0.6 is 0 Å². The molecule has 0 spiro atoms. The van der Waals surface area contributed by atoms with E-state index in [2.05, 4.69) is 16.1 Å². The maximum Gasteiger partial charge on any atom is 0.397 e. The number of nitrogens with one attached hydrogen (secondary N) is 1. The Bertz CT molecular complexity index is 717. The van der Waals surface area contributed by atoms with Crippen molar-refractivity contribution in [2.24, 2.45) is 0 Å². The lowest BCUT2D eigenvalue weighted by molar-refractivity contribution is -0.152. The maximum absolute atomic E-state index is 11.6. The SMILES string of the molecule is CCOC(=O)C(=O)Nc1ccc(C#N)c2ccccc12. The van der Waals surface area contributed by atoms with Crippen molar-refractivity contribution in [3.05, 3.63) is 42.0 Å². The van der Waals surface area contributed by atoms with Gasteiger partial charge in [0.15, 0.2) is 0 Å². The molecule has 0 aliphatic heterocycles. The van der Waals surface area contributed by atoms with E-state index < -0.39 is 11.9 Å². The van der Waals surface area contributed by atoms with Crippen LogP contribution in [0, 0.1) is 11.3 Å². The lowest BCUT2D eigenvalue weighted by Crippen LogP contribution is -2.25. The molecule has 0 atom stereocenters. The molecule has 20 heavy (non-hydrogen) atoms. The summed E-state index contributed by atoms with van der Waals surface area (Å²) in [5.41, 5.74) is 0.979. The molecular weight excluding hydrogens is 256 g/mol. The summed E-state index contributed by atoms with van der Waals surface area (Å²) in [6.07, 6.45) is 0. The standard InChI is InChI=1S/C15H12N2O3/c1-2-20-15(19)14(18)17-13-8-7-10(9-16)11-5-3-4-6-12(11)13/h3-8H,2H2,1H3,(H,17,18). The highest BCUT2D eigenvalue weighted by Crippen LogP contribution is 2.26. The van der Waals surface area contributed by atoms with Gasteiger partial charge < -0.3 is 10.1 Å². The van der Waals surface area contributed by atoms with Gasteiger partial charge in [-0.2, -0.15) is 5.26 Å². The lowest BCUT2D eigenvalue weighted by Gasteiger charge is -2.09. The molecule has 1 N–H and O–H groups in total. The highest BCUT2D eigenvalue weighted by molar-refractivity contribution is 6.38. The number of ether oxygens (including phenoxy) is 1. The van der Waals surface area contributed by atoms with E-state index in [0.29, 0.717) is 16.6 Å². The van der Waals surface area contributed by atoms with Crippen molar-refractivity contribution in [1.82, 2.24) is 0 Å². The average molecular weight is 268 g/mol. The van der Waals surface area contributed by atoms with Gasteiger partial charge in [-0.25, -0.2) is 4.79 Å². The molecule has 0 radical (unpaired) electrons. The van der Waals surface area contributed by atoms with Crippen molar-refractivity contribution in [3.8, 4) is 6.07 Å². The summed E-state index contributed by atoms with van der Waals surface area (Å²) in [5.74, 6) is -1.76. The molecular formula is C15H12N2O3. The third-order valence-corrected chi connectivity index (χ3v) is 2.75. The van der Waals surface area contributed by atoms with E-state index in [0.717, 1.165) is 5.39 Å². The highest BCUT2D eigenvalue weighted by Gasteiger charge is 2.16. The van der Waals surface area contributed by atoms with Crippen LogP contribution in [0.15, 0.2) is 36.4 Å². The summed E-state index contributed by atoms with van der Waals surface area (Å²) in [6, 6.07) is 12.4. The fourth-order valence-electron chi connectivity index (χ4n) is 1.88. The van der Waals surface area contributed by atoms with E-state index in [1.54, 1.807) is 43.3 Å². The molecule has 1 amide bonds. The third kappa shape index (κ3) is 2.59. The number of nitriles is 1. The zero-order valence-corrected chi connectivity index (χ0v) is 10.8. The predicted octanol–water partition coefficient (Wildman–Crippen LogP) is 2.21. The van der Waals surface area contributed by atoms with Crippen molar-refractivity contribution in [1.29, 1.82) is 5.26 Å². The Labute approximate surface area is 115 Å². The molecule has 0 aliphatic rings. The van der Waals surface area contributed by atoms with E-state index in [1.165, 1.54) is 0 Å². The van der Waals surface area contributed by atoms with Crippen LogP contribution in [0.2, 0.25) is 0 Å². The van der Waals surface area contributed by atoms with Crippen molar-refractivity contribution < 1.29 is 14.3 Å². The Morgan fingerprint density at radius 3 is 2.55 bits per heavy atom. The molecule has 0 saturated carbocycles. The zero-order valence-electron chi connectivity index (χ0n) is 10.8. The molecule has 2 aromatic rings. The van der Waals surface area contributed by atoms with Crippen molar-refractivity contribution in [3.63, 3.8) is 0 Å². The average Bonchev–Trinajstić information content (AvgIpc) is 2.47. The fourth-order valence-corrected chi connectivity index (χ4v) is 1.88. The second-order valence-corrected chi connectivity index (χ2v) is 3.99. The van der Waals surface area contributed by atoms with Crippen LogP contribution in [0.4, 0.5) is 5.69 Å². The second-order valence-electron chi connectivity index (χ2n) is 3.99. The first-order chi connectivity index (χ1) is 9.67. The number of esters is 1. The monoisotopic (exact) mass is 268 g/mol. The van der Waals surface area contributed by atoms with Gasteiger partial charge in [0.05, 0.1) is 18.2 Å². The van der Waals surface area contributed by atoms with Gasteiger partial charge in [-0.15, -0.1) is 0 Å². The van der Waals surface area contributed by atoms with Crippen LogP contribution in [0.25, 0.3) is 10.8 Å². The van der Waals surface area contributed by atoms with Gasteiger partial charge in [-0.1, -0.05) is 24.3 Å². The summed E-state index contributed by atoms with van der Waals surface area (Å²) in [7, 11) is 0. The number of carbonyl (C=O) groups is 2. The minimum Gasteiger partial charge on any atom is -0.459 e. The van der Waals surface area contributed by atoms with Crippen molar-refractivity contribution in [2.75, 3.05) is 11.9 Å². The molecule has 0 aromatic heterocycles. The number of carbonyl (C=O) groups excluding carboxylic acids is 2.